The largest absolute Gasteiger partial charge is 0.290 e. The molecule has 0 rings (SSSR count). The second-order valence-electron chi connectivity index (χ2n) is 1.43. The number of hydrogen-bond acceptors (Lipinski definition) is 2. The Hall–Kier alpha value is -0.180. The zero-order valence-corrected chi connectivity index (χ0v) is 6.29. The van der Waals surface area contributed by atoms with E-state index in [1.807, 2.05) is 13.2 Å². The first-order valence-electron chi connectivity index (χ1n) is 2.53. The summed E-state index contributed by atoms with van der Waals surface area (Å²) in [5, 5.41) is 0. The van der Waals surface area contributed by atoms with E-state index in [0.29, 0.717) is 6.42 Å². The highest BCUT2D eigenvalue weighted by Crippen LogP contribution is 2.01. The molecule has 0 aliphatic rings. The van der Waals surface area contributed by atoms with Gasteiger partial charge in [-0.25, -0.2) is 0 Å². The molecule has 0 radical (unpaired) electrons. The van der Waals surface area contributed by atoms with E-state index in [4.69, 9.17) is 0 Å². The lowest BCUT2D eigenvalue weighted by molar-refractivity contribution is -0.124. The number of carbonyl (C=O) groups is 1. The van der Waals surface area contributed by atoms with Gasteiger partial charge in [-0.15, -0.1) is 0 Å². The normalized spacial score (nSPS) is 8.88. The van der Waals surface area contributed by atoms with Crippen molar-refractivity contribution in [2.24, 2.45) is 0 Å². The predicted octanol–water partition coefficient (Wildman–Crippen LogP) is 1.13. The molecule has 8 heavy (non-hydrogen) atoms. The first-order chi connectivity index (χ1) is 3.72. The molecule has 0 aromatic carbocycles. The second-order valence-corrected chi connectivity index (χ2v) is 2.34. The lowest BCUT2D eigenvalue weighted by Gasteiger charge is -2.09. The van der Waals surface area contributed by atoms with Crippen molar-refractivity contribution in [1.82, 2.24) is 4.31 Å². The van der Waals surface area contributed by atoms with Crippen LogP contribution in [0.2, 0.25) is 0 Å². The number of rotatable bonds is 2. The molecule has 2 nitrogen and oxygen atoms in total. The molecule has 1 amide bonds. The minimum atomic E-state index is 0.178. The Morgan fingerprint density at radius 1 is 1.75 bits per heavy atom. The molecule has 0 fully saturated rings. The van der Waals surface area contributed by atoms with E-state index >= 15 is 0 Å². The Bertz CT molecular complexity index is 84.5. The molecule has 0 aliphatic carbocycles. The van der Waals surface area contributed by atoms with Crippen molar-refractivity contribution < 1.29 is 4.79 Å². The fraction of sp³-hybridized carbons (Fsp3) is 0.800. The second kappa shape index (κ2) is 3.78. The van der Waals surface area contributed by atoms with E-state index < -0.39 is 0 Å². The summed E-state index contributed by atoms with van der Waals surface area (Å²) in [5.74, 6) is 0.178. The summed E-state index contributed by atoms with van der Waals surface area (Å²) in [6.45, 7) is 1.86. The van der Waals surface area contributed by atoms with E-state index in [1.165, 1.54) is 11.9 Å². The van der Waals surface area contributed by atoms with Crippen molar-refractivity contribution in [2.45, 2.75) is 13.3 Å². The molecule has 0 spiro atoms. The van der Waals surface area contributed by atoms with Crippen LogP contribution in [0, 0.1) is 0 Å². The first kappa shape index (κ1) is 7.82. The van der Waals surface area contributed by atoms with Gasteiger partial charge in [-0.1, -0.05) is 18.9 Å². The number of hydrogen-bond donors (Lipinski definition) is 0. The van der Waals surface area contributed by atoms with Gasteiger partial charge < -0.3 is 0 Å². The predicted molar refractivity (Wildman–Crippen MR) is 36.6 cm³/mol. The maximum absolute atomic E-state index is 10.6. The molecular weight excluding hydrogens is 122 g/mol. The Morgan fingerprint density at radius 3 is 2.38 bits per heavy atom. The molecule has 0 aromatic rings. The van der Waals surface area contributed by atoms with Crippen LogP contribution in [-0.4, -0.2) is 23.5 Å². The maximum Gasteiger partial charge on any atom is 0.231 e. The van der Waals surface area contributed by atoms with Crippen molar-refractivity contribution in [3.05, 3.63) is 0 Å². The van der Waals surface area contributed by atoms with Crippen LogP contribution in [0.15, 0.2) is 0 Å². The highest BCUT2D eigenvalue weighted by Gasteiger charge is 2.00. The zero-order valence-electron chi connectivity index (χ0n) is 5.47. The molecule has 48 valence electrons. The Kier molecular flexibility index (Phi) is 3.69. The van der Waals surface area contributed by atoms with E-state index in [-0.39, 0.29) is 5.91 Å². The molecule has 0 bridgehead atoms. The summed E-state index contributed by atoms with van der Waals surface area (Å²) in [6.07, 6.45) is 2.48. The van der Waals surface area contributed by atoms with E-state index in [2.05, 4.69) is 0 Å². The minimum Gasteiger partial charge on any atom is -0.290 e. The van der Waals surface area contributed by atoms with Crippen molar-refractivity contribution in [2.75, 3.05) is 13.3 Å². The van der Waals surface area contributed by atoms with E-state index in [1.54, 1.807) is 11.4 Å². The fourth-order valence-corrected chi connectivity index (χ4v) is 0.657. The van der Waals surface area contributed by atoms with Crippen LogP contribution in [0.1, 0.15) is 13.3 Å². The summed E-state index contributed by atoms with van der Waals surface area (Å²) in [7, 11) is 1.77. The van der Waals surface area contributed by atoms with Gasteiger partial charge in [0, 0.05) is 19.7 Å². The quantitative estimate of drug-likeness (QED) is 0.526. The summed E-state index contributed by atoms with van der Waals surface area (Å²) >= 11 is 1.44. The average molecular weight is 133 g/mol. The molecular formula is C5H11NOS. The molecule has 3 heteroatoms. The molecule has 0 saturated heterocycles. The molecule has 0 aromatic heterocycles. The Morgan fingerprint density at radius 2 is 2.25 bits per heavy atom. The van der Waals surface area contributed by atoms with Gasteiger partial charge in [-0.2, -0.15) is 0 Å². The van der Waals surface area contributed by atoms with Crippen LogP contribution in [0.25, 0.3) is 0 Å². The average Bonchev–Trinajstić information content (AvgIpc) is 1.84. The summed E-state index contributed by atoms with van der Waals surface area (Å²) in [6, 6.07) is 0. The maximum atomic E-state index is 10.6. The third-order valence-electron chi connectivity index (χ3n) is 0.928. The Labute approximate surface area is 54.4 Å². The number of carbonyl (C=O) groups excluding carboxylic acids is 1. The van der Waals surface area contributed by atoms with Crippen molar-refractivity contribution >= 4 is 17.9 Å². The van der Waals surface area contributed by atoms with Gasteiger partial charge in [0.05, 0.1) is 0 Å². The SMILES string of the molecule is CCC(=O)N(C)SC. The third-order valence-corrected chi connectivity index (χ3v) is 1.68. The van der Waals surface area contributed by atoms with Crippen LogP contribution >= 0.6 is 11.9 Å². The van der Waals surface area contributed by atoms with Crippen molar-refractivity contribution in [1.29, 1.82) is 0 Å². The van der Waals surface area contributed by atoms with E-state index in [0.717, 1.165) is 0 Å². The topological polar surface area (TPSA) is 20.3 Å². The smallest absolute Gasteiger partial charge is 0.231 e. The lowest BCUT2D eigenvalue weighted by atomic mass is 10.5. The molecule has 0 atom stereocenters. The monoisotopic (exact) mass is 133 g/mol. The summed E-state index contributed by atoms with van der Waals surface area (Å²) < 4.78 is 1.62. The lowest BCUT2D eigenvalue weighted by Crippen LogP contribution is -2.16. The molecule has 0 saturated carbocycles. The highest BCUT2D eigenvalue weighted by atomic mass is 32.2. The van der Waals surface area contributed by atoms with Gasteiger partial charge in [0.15, 0.2) is 0 Å². The first-order valence-corrected chi connectivity index (χ1v) is 3.71. The van der Waals surface area contributed by atoms with Crippen LogP contribution in [-0.2, 0) is 4.79 Å². The summed E-state index contributed by atoms with van der Waals surface area (Å²) in [5.41, 5.74) is 0. The van der Waals surface area contributed by atoms with Crippen molar-refractivity contribution in [3.8, 4) is 0 Å². The standard InChI is InChI=1S/C5H11NOS/c1-4-5(7)6(2)8-3/h4H2,1-3H3. The van der Waals surface area contributed by atoms with Gasteiger partial charge in [0.1, 0.15) is 0 Å². The number of nitrogens with zero attached hydrogens (tertiary/aromatic N) is 1. The van der Waals surface area contributed by atoms with Crippen molar-refractivity contribution in [3.63, 3.8) is 0 Å². The van der Waals surface area contributed by atoms with Gasteiger partial charge >= 0.3 is 0 Å². The van der Waals surface area contributed by atoms with Gasteiger partial charge in [0.25, 0.3) is 0 Å². The molecule has 0 unspecified atom stereocenters. The minimum absolute atomic E-state index is 0.178. The number of amides is 1. The summed E-state index contributed by atoms with van der Waals surface area (Å²) in [4.78, 5) is 10.6. The van der Waals surface area contributed by atoms with Gasteiger partial charge in [0.2, 0.25) is 5.91 Å². The Balaban J connectivity index is 3.46. The van der Waals surface area contributed by atoms with Gasteiger partial charge in [-0.3, -0.25) is 9.10 Å². The van der Waals surface area contributed by atoms with E-state index in [9.17, 15) is 4.79 Å². The zero-order chi connectivity index (χ0) is 6.57. The molecule has 0 heterocycles. The van der Waals surface area contributed by atoms with Crippen LogP contribution in [0.3, 0.4) is 0 Å². The third kappa shape index (κ3) is 2.21. The van der Waals surface area contributed by atoms with Crippen LogP contribution < -0.4 is 0 Å². The van der Waals surface area contributed by atoms with Gasteiger partial charge in [-0.05, 0) is 0 Å². The van der Waals surface area contributed by atoms with Crippen LogP contribution in [0.5, 0.6) is 0 Å². The fourth-order valence-electron chi connectivity index (χ4n) is 0.324. The molecule has 0 N–H and O–H groups in total. The van der Waals surface area contributed by atoms with Crippen LogP contribution in [0.4, 0.5) is 0 Å². The highest BCUT2D eigenvalue weighted by molar-refractivity contribution is 7.96. The molecule has 0 aliphatic heterocycles.